The molecule has 1 heteroatoms. The molecule has 2 aliphatic rings. The average Bonchev–Trinajstić information content (AvgIpc) is 2.63. The second-order valence-electron chi connectivity index (χ2n) is 6.96. The predicted molar refractivity (Wildman–Crippen MR) is 80.8 cm³/mol. The van der Waals surface area contributed by atoms with Gasteiger partial charge in [-0.3, -0.25) is 0 Å². The molecule has 1 aliphatic heterocycles. The second kappa shape index (κ2) is 3.53. The first-order valence-corrected chi connectivity index (χ1v) is 7.35. The molecular formula is C19H20O. The Morgan fingerprint density at radius 1 is 0.800 bits per heavy atom. The molecule has 102 valence electrons. The van der Waals surface area contributed by atoms with Crippen LogP contribution in [-0.2, 0) is 15.8 Å². The Hall–Kier alpha value is -1.60. The monoisotopic (exact) mass is 264 g/mol. The van der Waals surface area contributed by atoms with Crippen molar-refractivity contribution in [3.63, 3.8) is 0 Å². The highest BCUT2D eigenvalue weighted by atomic mass is 16.5. The molecule has 4 rings (SSSR count). The van der Waals surface area contributed by atoms with E-state index in [2.05, 4.69) is 75.4 Å². The highest BCUT2D eigenvalue weighted by molar-refractivity contribution is 5.60. The third-order valence-electron chi connectivity index (χ3n) is 5.07. The van der Waals surface area contributed by atoms with Crippen molar-refractivity contribution in [1.82, 2.24) is 0 Å². The van der Waals surface area contributed by atoms with Gasteiger partial charge in [-0.2, -0.15) is 0 Å². The number of rotatable bonds is 1. The van der Waals surface area contributed by atoms with E-state index in [0.717, 1.165) is 6.42 Å². The first-order valence-electron chi connectivity index (χ1n) is 7.35. The zero-order valence-electron chi connectivity index (χ0n) is 12.3. The van der Waals surface area contributed by atoms with Crippen LogP contribution < -0.4 is 0 Å². The van der Waals surface area contributed by atoms with Crippen molar-refractivity contribution in [1.29, 1.82) is 0 Å². The summed E-state index contributed by atoms with van der Waals surface area (Å²) in [5, 5.41) is 0. The Morgan fingerprint density at radius 2 is 1.40 bits per heavy atom. The van der Waals surface area contributed by atoms with Crippen LogP contribution in [0.5, 0.6) is 0 Å². The molecule has 0 saturated carbocycles. The second-order valence-corrected chi connectivity index (χ2v) is 6.96. The number of fused-ring (bicyclic) bond motifs is 4. The minimum Gasteiger partial charge on any atom is -0.359 e. The molecule has 1 fully saturated rings. The van der Waals surface area contributed by atoms with Gasteiger partial charge < -0.3 is 4.74 Å². The highest BCUT2D eigenvalue weighted by Crippen LogP contribution is 2.68. The van der Waals surface area contributed by atoms with Crippen molar-refractivity contribution in [3.05, 3.63) is 71.3 Å². The van der Waals surface area contributed by atoms with Crippen LogP contribution in [0.3, 0.4) is 0 Å². The van der Waals surface area contributed by atoms with Crippen molar-refractivity contribution in [3.8, 4) is 0 Å². The summed E-state index contributed by atoms with van der Waals surface area (Å²) in [5.74, 6) is 0. The summed E-state index contributed by atoms with van der Waals surface area (Å²) in [4.78, 5) is 0. The van der Waals surface area contributed by atoms with Crippen LogP contribution in [0.4, 0.5) is 0 Å². The third kappa shape index (κ3) is 1.22. The van der Waals surface area contributed by atoms with Crippen LogP contribution in [0.25, 0.3) is 0 Å². The average molecular weight is 264 g/mol. The van der Waals surface area contributed by atoms with E-state index in [9.17, 15) is 0 Å². The zero-order valence-corrected chi connectivity index (χ0v) is 12.3. The minimum atomic E-state index is -0.269. The van der Waals surface area contributed by atoms with Crippen molar-refractivity contribution in [2.45, 2.75) is 43.8 Å². The molecule has 0 bridgehead atoms. The van der Waals surface area contributed by atoms with E-state index < -0.39 is 0 Å². The fraction of sp³-hybridized carbons (Fsp3) is 0.368. The van der Waals surface area contributed by atoms with E-state index in [1.165, 1.54) is 16.7 Å². The molecule has 1 saturated heterocycles. The normalized spacial score (nSPS) is 33.1. The van der Waals surface area contributed by atoms with Crippen LogP contribution >= 0.6 is 0 Å². The van der Waals surface area contributed by atoms with Gasteiger partial charge in [0.15, 0.2) is 0 Å². The molecule has 0 N–H and O–H groups in total. The van der Waals surface area contributed by atoms with E-state index in [4.69, 9.17) is 4.74 Å². The summed E-state index contributed by atoms with van der Waals surface area (Å²) >= 11 is 0. The highest BCUT2D eigenvalue weighted by Gasteiger charge is 2.69. The number of ether oxygens (including phenoxy) is 1. The molecule has 20 heavy (non-hydrogen) atoms. The van der Waals surface area contributed by atoms with Gasteiger partial charge in [0.2, 0.25) is 0 Å². The van der Waals surface area contributed by atoms with Crippen molar-refractivity contribution in [2.75, 3.05) is 0 Å². The van der Waals surface area contributed by atoms with Crippen molar-refractivity contribution in [2.24, 2.45) is 0 Å². The Balaban J connectivity index is 2.01. The lowest BCUT2D eigenvalue weighted by Gasteiger charge is -2.54. The molecule has 2 aromatic rings. The largest absolute Gasteiger partial charge is 0.359 e. The van der Waals surface area contributed by atoms with E-state index in [-0.39, 0.29) is 16.6 Å². The fourth-order valence-corrected chi connectivity index (χ4v) is 4.59. The minimum absolute atomic E-state index is 0.0778. The lowest BCUT2D eigenvalue weighted by atomic mass is 9.51. The van der Waals surface area contributed by atoms with E-state index in [1.807, 2.05) is 0 Å². The first kappa shape index (κ1) is 12.2. The predicted octanol–water partition coefficient (Wildman–Crippen LogP) is 4.40. The summed E-state index contributed by atoms with van der Waals surface area (Å²) in [6.07, 6.45) is 1.06. The lowest BCUT2D eigenvalue weighted by molar-refractivity contribution is -0.0941. The number of hydrogen-bond acceptors (Lipinski definition) is 1. The standard InChI is InChI=1S/C19H20O/c1-17(2)13-18(3)15-11-7-8-12-16(15)19(18,20-17)14-9-5-4-6-10-14/h4-12H,13H2,1-3H3/t18-,19?/m1/s1. The third-order valence-corrected chi connectivity index (χ3v) is 5.07. The van der Waals surface area contributed by atoms with Crippen LogP contribution in [0.15, 0.2) is 54.6 Å². The van der Waals surface area contributed by atoms with Gasteiger partial charge in [0, 0.05) is 5.41 Å². The van der Waals surface area contributed by atoms with Crippen LogP contribution in [-0.4, -0.2) is 5.60 Å². The van der Waals surface area contributed by atoms with E-state index in [1.54, 1.807) is 0 Å². The summed E-state index contributed by atoms with van der Waals surface area (Å²) in [7, 11) is 0. The fourth-order valence-electron chi connectivity index (χ4n) is 4.59. The van der Waals surface area contributed by atoms with Crippen molar-refractivity contribution < 1.29 is 4.74 Å². The van der Waals surface area contributed by atoms with Gasteiger partial charge in [-0.25, -0.2) is 0 Å². The summed E-state index contributed by atoms with van der Waals surface area (Å²) < 4.78 is 6.65. The number of benzene rings is 2. The summed E-state index contributed by atoms with van der Waals surface area (Å²) in [6.45, 7) is 6.78. The Morgan fingerprint density at radius 3 is 2.10 bits per heavy atom. The van der Waals surface area contributed by atoms with Gasteiger partial charge in [-0.1, -0.05) is 61.5 Å². The summed E-state index contributed by atoms with van der Waals surface area (Å²) in [5.41, 5.74) is 3.80. The molecule has 1 aliphatic carbocycles. The van der Waals surface area contributed by atoms with Gasteiger partial charge in [0.05, 0.1) is 5.60 Å². The maximum atomic E-state index is 6.65. The van der Waals surface area contributed by atoms with Gasteiger partial charge in [-0.15, -0.1) is 0 Å². The van der Waals surface area contributed by atoms with Gasteiger partial charge in [0.25, 0.3) is 0 Å². The molecule has 1 unspecified atom stereocenters. The lowest BCUT2D eigenvalue weighted by Crippen LogP contribution is -2.54. The molecule has 0 aromatic heterocycles. The molecule has 2 aromatic carbocycles. The molecule has 0 radical (unpaired) electrons. The van der Waals surface area contributed by atoms with Crippen LogP contribution in [0.1, 0.15) is 43.9 Å². The topological polar surface area (TPSA) is 9.23 Å². The Bertz CT molecular complexity index is 673. The molecule has 1 heterocycles. The van der Waals surface area contributed by atoms with Gasteiger partial charge >= 0.3 is 0 Å². The smallest absolute Gasteiger partial charge is 0.129 e. The molecule has 0 amide bonds. The molecule has 2 atom stereocenters. The van der Waals surface area contributed by atoms with Crippen LogP contribution in [0.2, 0.25) is 0 Å². The molecular weight excluding hydrogens is 244 g/mol. The Labute approximate surface area is 120 Å². The number of hydrogen-bond donors (Lipinski definition) is 0. The van der Waals surface area contributed by atoms with Crippen LogP contribution in [0, 0.1) is 0 Å². The zero-order chi connectivity index (χ0) is 14.0. The maximum absolute atomic E-state index is 6.65. The first-order chi connectivity index (χ1) is 9.50. The quantitative estimate of drug-likeness (QED) is 0.741. The summed E-state index contributed by atoms with van der Waals surface area (Å²) in [6, 6.07) is 19.5. The van der Waals surface area contributed by atoms with Crippen molar-refractivity contribution >= 4 is 0 Å². The maximum Gasteiger partial charge on any atom is 0.129 e. The van der Waals surface area contributed by atoms with E-state index >= 15 is 0 Å². The SMILES string of the molecule is CC1(C)C[C@]2(C)c3ccccc3C2(c2ccccc2)O1. The van der Waals surface area contributed by atoms with E-state index in [0.29, 0.717) is 0 Å². The van der Waals surface area contributed by atoms with Gasteiger partial charge in [0.1, 0.15) is 5.60 Å². The molecule has 0 spiro atoms. The molecule has 1 nitrogen and oxygen atoms in total. The Kier molecular flexibility index (Phi) is 2.15. The van der Waals surface area contributed by atoms with Gasteiger partial charge in [-0.05, 0) is 37.0 Å².